The normalized spacial score (nSPS) is 14.8. The van der Waals surface area contributed by atoms with Crippen LogP contribution in [-0.2, 0) is 4.79 Å². The molecule has 2 heterocycles. The molecule has 1 aromatic heterocycles. The van der Waals surface area contributed by atoms with Crippen molar-refractivity contribution in [2.24, 2.45) is 5.73 Å². The zero-order chi connectivity index (χ0) is 17.3. The van der Waals surface area contributed by atoms with Crippen LogP contribution in [0.5, 0.6) is 0 Å². The molecule has 1 fully saturated rings. The van der Waals surface area contributed by atoms with E-state index in [0.717, 1.165) is 0 Å². The van der Waals surface area contributed by atoms with Crippen molar-refractivity contribution in [3.8, 4) is 11.1 Å². The Hall–Kier alpha value is -2.83. The van der Waals surface area contributed by atoms with Gasteiger partial charge in [-0.1, -0.05) is 6.07 Å². The summed E-state index contributed by atoms with van der Waals surface area (Å²) in [6, 6.07) is 4.17. The largest absolute Gasteiger partial charge is 0.366 e. The monoisotopic (exact) mass is 328 g/mol. The van der Waals surface area contributed by atoms with Gasteiger partial charge in [0.2, 0.25) is 5.95 Å². The zero-order valence-electron chi connectivity index (χ0n) is 13.3. The fraction of sp³-hybridized carbons (Fsp3) is 0.294. The van der Waals surface area contributed by atoms with Crippen molar-refractivity contribution in [3.63, 3.8) is 0 Å². The van der Waals surface area contributed by atoms with E-state index in [1.807, 2.05) is 11.8 Å². The van der Waals surface area contributed by atoms with E-state index in [0.29, 0.717) is 48.7 Å². The molecule has 0 bridgehead atoms. The maximum Gasteiger partial charge on any atom is 0.251 e. The average molecular weight is 328 g/mol. The van der Waals surface area contributed by atoms with E-state index >= 15 is 0 Å². The highest BCUT2D eigenvalue weighted by molar-refractivity contribution is 5.94. The minimum Gasteiger partial charge on any atom is -0.366 e. The molecule has 0 aliphatic carbocycles. The fourth-order valence-electron chi connectivity index (χ4n) is 2.73. The highest BCUT2D eigenvalue weighted by Crippen LogP contribution is 2.25. The molecule has 0 saturated carbocycles. The predicted molar refractivity (Wildman–Crippen MR) is 87.1 cm³/mol. The predicted octanol–water partition coefficient (Wildman–Crippen LogP) is 1.86. The molecule has 0 atom stereocenters. The maximum absolute atomic E-state index is 13.6. The summed E-state index contributed by atoms with van der Waals surface area (Å²) in [5.41, 5.74) is 7.06. The molecule has 1 saturated heterocycles. The summed E-state index contributed by atoms with van der Waals surface area (Å²) < 4.78 is 13.6. The Morgan fingerprint density at radius 3 is 2.62 bits per heavy atom. The van der Waals surface area contributed by atoms with Crippen LogP contribution in [0.3, 0.4) is 0 Å². The maximum atomic E-state index is 13.6. The Labute approximate surface area is 138 Å². The molecule has 24 heavy (non-hydrogen) atoms. The lowest BCUT2D eigenvalue weighted by molar-refractivity contribution is -0.119. The number of aromatic nitrogens is 2. The minimum atomic E-state index is -0.817. The van der Waals surface area contributed by atoms with Gasteiger partial charge in [0.1, 0.15) is 11.6 Å². The number of piperidine rings is 1. The van der Waals surface area contributed by atoms with Crippen LogP contribution in [0.1, 0.15) is 28.9 Å². The summed E-state index contributed by atoms with van der Waals surface area (Å²) in [5, 5.41) is 0. The molecule has 1 amide bonds. The third kappa shape index (κ3) is 3.10. The van der Waals surface area contributed by atoms with Crippen molar-refractivity contribution in [1.29, 1.82) is 0 Å². The Balaban J connectivity index is 1.92. The lowest BCUT2D eigenvalue weighted by atomic mass is 10.0. The molecule has 0 radical (unpaired) electrons. The van der Waals surface area contributed by atoms with E-state index in [1.54, 1.807) is 12.3 Å². The lowest BCUT2D eigenvalue weighted by Gasteiger charge is -2.26. The second kappa shape index (κ2) is 6.35. The summed E-state index contributed by atoms with van der Waals surface area (Å²) in [4.78, 5) is 33.4. The van der Waals surface area contributed by atoms with Crippen molar-refractivity contribution in [2.45, 2.75) is 19.8 Å². The number of anilines is 1. The van der Waals surface area contributed by atoms with Gasteiger partial charge in [-0.25, -0.2) is 14.4 Å². The first-order valence-electron chi connectivity index (χ1n) is 7.65. The number of rotatable bonds is 3. The first-order valence-corrected chi connectivity index (χ1v) is 7.65. The minimum absolute atomic E-state index is 0.162. The third-order valence-corrected chi connectivity index (χ3v) is 4.11. The van der Waals surface area contributed by atoms with E-state index in [9.17, 15) is 14.0 Å². The molecule has 0 unspecified atom stereocenters. The van der Waals surface area contributed by atoms with E-state index in [-0.39, 0.29) is 11.3 Å². The van der Waals surface area contributed by atoms with Crippen LogP contribution in [0.25, 0.3) is 11.1 Å². The summed E-state index contributed by atoms with van der Waals surface area (Å²) in [6.07, 6.45) is 2.65. The number of carbonyl (C=O) groups excluding carboxylic acids is 2. The molecule has 0 spiro atoms. The molecule has 124 valence electrons. The second-order valence-electron chi connectivity index (χ2n) is 5.75. The van der Waals surface area contributed by atoms with Gasteiger partial charge in [-0.2, -0.15) is 0 Å². The molecule has 1 aliphatic heterocycles. The second-order valence-corrected chi connectivity index (χ2v) is 5.75. The van der Waals surface area contributed by atoms with Gasteiger partial charge < -0.3 is 10.6 Å². The quantitative estimate of drug-likeness (QED) is 0.929. The van der Waals surface area contributed by atoms with E-state index < -0.39 is 11.7 Å². The van der Waals surface area contributed by atoms with E-state index in [4.69, 9.17) is 5.73 Å². The van der Waals surface area contributed by atoms with Gasteiger partial charge in [0, 0.05) is 37.7 Å². The third-order valence-electron chi connectivity index (χ3n) is 4.11. The van der Waals surface area contributed by atoms with Crippen LogP contribution in [0.4, 0.5) is 10.3 Å². The summed E-state index contributed by atoms with van der Waals surface area (Å²) in [5.74, 6) is -0.646. The number of Topliss-reactive ketones (excluding diaryl/α,β-unsaturated/α-hetero) is 1. The summed E-state index contributed by atoms with van der Waals surface area (Å²) in [7, 11) is 0. The smallest absolute Gasteiger partial charge is 0.251 e. The molecule has 1 aromatic carbocycles. The van der Waals surface area contributed by atoms with Crippen molar-refractivity contribution in [3.05, 3.63) is 41.5 Å². The van der Waals surface area contributed by atoms with E-state index in [1.165, 1.54) is 12.1 Å². The van der Waals surface area contributed by atoms with Crippen LogP contribution in [0.2, 0.25) is 0 Å². The van der Waals surface area contributed by atoms with Gasteiger partial charge in [-0.3, -0.25) is 9.59 Å². The van der Waals surface area contributed by atoms with Gasteiger partial charge in [0.25, 0.3) is 5.91 Å². The van der Waals surface area contributed by atoms with Crippen molar-refractivity contribution in [2.75, 3.05) is 18.0 Å². The number of nitrogens with two attached hydrogens (primary N) is 1. The number of amides is 1. The average Bonchev–Trinajstić information content (AvgIpc) is 2.56. The Morgan fingerprint density at radius 1 is 1.29 bits per heavy atom. The molecular weight excluding hydrogens is 311 g/mol. The molecular formula is C17H17FN4O2. The first kappa shape index (κ1) is 16.0. The summed E-state index contributed by atoms with van der Waals surface area (Å²) >= 11 is 0. The number of hydrogen-bond acceptors (Lipinski definition) is 5. The molecule has 3 rings (SSSR count). The van der Waals surface area contributed by atoms with Crippen molar-refractivity contribution < 1.29 is 14.0 Å². The summed E-state index contributed by atoms with van der Waals surface area (Å²) in [6.45, 7) is 3.04. The number of aryl methyl sites for hydroxylation is 1. The Morgan fingerprint density at radius 2 is 2.00 bits per heavy atom. The molecule has 7 heteroatoms. The molecule has 6 nitrogen and oxygen atoms in total. The van der Waals surface area contributed by atoms with Gasteiger partial charge in [-0.15, -0.1) is 0 Å². The van der Waals surface area contributed by atoms with Gasteiger partial charge in [0.15, 0.2) is 0 Å². The van der Waals surface area contributed by atoms with Gasteiger partial charge >= 0.3 is 0 Å². The molecule has 1 aliphatic rings. The lowest BCUT2D eigenvalue weighted by Crippen LogP contribution is -2.35. The van der Waals surface area contributed by atoms with Crippen molar-refractivity contribution >= 4 is 17.6 Å². The van der Waals surface area contributed by atoms with Crippen LogP contribution >= 0.6 is 0 Å². The SMILES string of the molecule is Cc1nc(N2CCC(=O)CC2)ncc1-c1ccc(F)c(C(N)=O)c1. The number of ketones is 1. The van der Waals surface area contributed by atoms with E-state index in [2.05, 4.69) is 9.97 Å². The Bertz CT molecular complexity index is 812. The number of carbonyl (C=O) groups is 2. The number of nitrogens with zero attached hydrogens (tertiary/aromatic N) is 3. The highest BCUT2D eigenvalue weighted by atomic mass is 19.1. The molecule has 2 aromatic rings. The van der Waals surface area contributed by atoms with Gasteiger partial charge in [0.05, 0.1) is 11.3 Å². The zero-order valence-corrected chi connectivity index (χ0v) is 13.3. The van der Waals surface area contributed by atoms with Crippen LogP contribution in [0.15, 0.2) is 24.4 Å². The van der Waals surface area contributed by atoms with Crippen LogP contribution < -0.4 is 10.6 Å². The van der Waals surface area contributed by atoms with Crippen LogP contribution in [0, 0.1) is 12.7 Å². The highest BCUT2D eigenvalue weighted by Gasteiger charge is 2.19. The fourth-order valence-corrected chi connectivity index (χ4v) is 2.73. The number of hydrogen-bond donors (Lipinski definition) is 1. The first-order chi connectivity index (χ1) is 11.5. The Kier molecular flexibility index (Phi) is 4.24. The number of primary amides is 1. The number of benzene rings is 1. The van der Waals surface area contributed by atoms with Crippen molar-refractivity contribution in [1.82, 2.24) is 9.97 Å². The topological polar surface area (TPSA) is 89.2 Å². The standard InChI is InChI=1S/C17H17FN4O2/c1-10-14(11-2-3-15(18)13(8-11)16(19)24)9-20-17(21-10)22-6-4-12(23)5-7-22/h2-3,8-9H,4-7H2,1H3,(H2,19,24). The number of halogens is 1. The van der Waals surface area contributed by atoms with Gasteiger partial charge in [-0.05, 0) is 24.6 Å². The molecule has 2 N–H and O–H groups in total. The van der Waals surface area contributed by atoms with Crippen LogP contribution in [-0.4, -0.2) is 34.7 Å².